The van der Waals surface area contributed by atoms with Crippen molar-refractivity contribution in [3.8, 4) is 0 Å². The summed E-state index contributed by atoms with van der Waals surface area (Å²) in [4.78, 5) is 14.1. The molecule has 0 bridgehead atoms. The first-order chi connectivity index (χ1) is 7.58. The second kappa shape index (κ2) is 5.89. The van der Waals surface area contributed by atoms with Crippen LogP contribution in [0.5, 0.6) is 0 Å². The number of nitrogens with two attached hydrogens (primary N) is 1. The molecule has 1 fully saturated rings. The molecule has 2 rings (SSSR count). The van der Waals surface area contributed by atoms with E-state index < -0.39 is 0 Å². The molecular weight excluding hydrogens is 305 g/mol. The van der Waals surface area contributed by atoms with Crippen LogP contribution in [0.4, 0.5) is 0 Å². The fourth-order valence-corrected chi connectivity index (χ4v) is 2.53. The molecule has 1 saturated heterocycles. The zero-order valence-corrected chi connectivity index (χ0v) is 12.1. The highest BCUT2D eigenvalue weighted by molar-refractivity contribution is 9.10. The summed E-state index contributed by atoms with van der Waals surface area (Å²) in [6.45, 7) is 1.53. The highest BCUT2D eigenvalue weighted by Gasteiger charge is 2.23. The van der Waals surface area contributed by atoms with E-state index in [2.05, 4.69) is 15.9 Å². The van der Waals surface area contributed by atoms with E-state index in [4.69, 9.17) is 5.73 Å². The van der Waals surface area contributed by atoms with Crippen molar-refractivity contribution in [2.75, 3.05) is 13.1 Å². The fourth-order valence-electron chi connectivity index (χ4n) is 2.00. The molecular formula is C11H17BrClN3O. The molecule has 4 nitrogen and oxygen atoms in total. The number of likely N-dealkylation sites (tertiary alicyclic amines) is 1. The number of carbonyl (C=O) groups is 1. The van der Waals surface area contributed by atoms with E-state index in [0.29, 0.717) is 0 Å². The summed E-state index contributed by atoms with van der Waals surface area (Å²) in [5, 5.41) is 0. The summed E-state index contributed by atoms with van der Waals surface area (Å²) < 4.78 is 2.79. The second-order valence-corrected chi connectivity index (χ2v) is 5.20. The van der Waals surface area contributed by atoms with E-state index in [1.807, 2.05) is 28.8 Å². The van der Waals surface area contributed by atoms with E-state index in [9.17, 15) is 4.79 Å². The molecule has 1 aromatic rings. The maximum Gasteiger partial charge on any atom is 0.270 e. The van der Waals surface area contributed by atoms with Crippen LogP contribution in [0.1, 0.15) is 23.3 Å². The molecule has 17 heavy (non-hydrogen) atoms. The van der Waals surface area contributed by atoms with Gasteiger partial charge in [0.25, 0.3) is 5.91 Å². The predicted octanol–water partition coefficient (Wildman–Crippen LogP) is 1.77. The summed E-state index contributed by atoms with van der Waals surface area (Å²) in [5.74, 6) is 0.0973. The van der Waals surface area contributed by atoms with Crippen molar-refractivity contribution in [2.24, 2.45) is 12.8 Å². The van der Waals surface area contributed by atoms with Crippen molar-refractivity contribution in [2.45, 2.75) is 18.9 Å². The summed E-state index contributed by atoms with van der Waals surface area (Å²) in [5.41, 5.74) is 6.54. The van der Waals surface area contributed by atoms with Gasteiger partial charge in [0.2, 0.25) is 0 Å². The fraction of sp³-hybridized carbons (Fsp3) is 0.545. The zero-order chi connectivity index (χ0) is 11.7. The minimum atomic E-state index is 0. The lowest BCUT2D eigenvalue weighted by Gasteiger charge is -2.30. The Hall–Kier alpha value is -0.520. The van der Waals surface area contributed by atoms with Gasteiger partial charge >= 0.3 is 0 Å². The normalized spacial score (nSPS) is 16.8. The van der Waals surface area contributed by atoms with Gasteiger partial charge in [-0.15, -0.1) is 12.4 Å². The van der Waals surface area contributed by atoms with Crippen LogP contribution in [0.2, 0.25) is 0 Å². The first kappa shape index (κ1) is 14.5. The van der Waals surface area contributed by atoms with E-state index in [1.54, 1.807) is 0 Å². The van der Waals surface area contributed by atoms with Crippen molar-refractivity contribution in [3.05, 3.63) is 22.4 Å². The number of piperidine rings is 1. The van der Waals surface area contributed by atoms with Crippen molar-refractivity contribution in [3.63, 3.8) is 0 Å². The molecule has 1 aromatic heterocycles. The molecule has 0 spiro atoms. The van der Waals surface area contributed by atoms with Gasteiger partial charge in [0.05, 0.1) is 0 Å². The second-order valence-electron chi connectivity index (χ2n) is 4.28. The topological polar surface area (TPSA) is 51.3 Å². The summed E-state index contributed by atoms with van der Waals surface area (Å²) in [7, 11) is 1.88. The Bertz CT molecular complexity index is 399. The quantitative estimate of drug-likeness (QED) is 0.857. The number of halogens is 2. The predicted molar refractivity (Wildman–Crippen MR) is 73.5 cm³/mol. The Balaban J connectivity index is 0.00000144. The molecule has 0 saturated carbocycles. The molecule has 0 aliphatic carbocycles. The molecule has 0 aromatic carbocycles. The third kappa shape index (κ3) is 3.24. The summed E-state index contributed by atoms with van der Waals surface area (Å²) in [6, 6.07) is 2.11. The van der Waals surface area contributed by atoms with Gasteiger partial charge in [0, 0.05) is 36.8 Å². The Morgan fingerprint density at radius 3 is 2.53 bits per heavy atom. The van der Waals surface area contributed by atoms with Crippen LogP contribution in [0.3, 0.4) is 0 Å². The van der Waals surface area contributed by atoms with Gasteiger partial charge in [-0.25, -0.2) is 0 Å². The minimum Gasteiger partial charge on any atom is -0.345 e. The number of aromatic nitrogens is 1. The van der Waals surface area contributed by atoms with Gasteiger partial charge in [0.15, 0.2) is 0 Å². The maximum atomic E-state index is 12.2. The molecule has 2 N–H and O–H groups in total. The van der Waals surface area contributed by atoms with Crippen LogP contribution in [-0.2, 0) is 7.05 Å². The van der Waals surface area contributed by atoms with Gasteiger partial charge in [-0.1, -0.05) is 0 Å². The smallest absolute Gasteiger partial charge is 0.270 e. The van der Waals surface area contributed by atoms with Crippen molar-refractivity contribution in [1.82, 2.24) is 9.47 Å². The minimum absolute atomic E-state index is 0. The lowest BCUT2D eigenvalue weighted by Crippen LogP contribution is -2.43. The number of carbonyl (C=O) groups excluding carboxylic acids is 1. The monoisotopic (exact) mass is 321 g/mol. The molecule has 2 heterocycles. The summed E-state index contributed by atoms with van der Waals surface area (Å²) in [6.07, 6.45) is 3.69. The van der Waals surface area contributed by atoms with Gasteiger partial charge in [-0.3, -0.25) is 4.79 Å². The largest absolute Gasteiger partial charge is 0.345 e. The van der Waals surface area contributed by atoms with Crippen molar-refractivity contribution in [1.29, 1.82) is 0 Å². The van der Waals surface area contributed by atoms with Gasteiger partial charge in [-0.2, -0.15) is 0 Å². The first-order valence-electron chi connectivity index (χ1n) is 5.44. The average molecular weight is 323 g/mol. The zero-order valence-electron chi connectivity index (χ0n) is 9.73. The Morgan fingerprint density at radius 2 is 2.06 bits per heavy atom. The van der Waals surface area contributed by atoms with Crippen LogP contribution in [0, 0.1) is 0 Å². The van der Waals surface area contributed by atoms with Crippen molar-refractivity contribution >= 4 is 34.2 Å². The lowest BCUT2D eigenvalue weighted by atomic mass is 10.1. The van der Waals surface area contributed by atoms with E-state index in [0.717, 1.165) is 36.1 Å². The van der Waals surface area contributed by atoms with Gasteiger partial charge in [0.1, 0.15) is 5.69 Å². The Kier molecular flexibility index (Phi) is 5.04. The standard InChI is InChI=1S/C11H16BrN3O.ClH/c1-14-7-8(12)6-10(14)11(16)15-4-2-9(13)3-5-15;/h6-7,9H,2-5,13H2,1H3;1H. The number of hydrogen-bond acceptors (Lipinski definition) is 2. The molecule has 1 aliphatic rings. The van der Waals surface area contributed by atoms with Crippen LogP contribution in [-0.4, -0.2) is 34.5 Å². The van der Waals surface area contributed by atoms with Crippen LogP contribution in [0.25, 0.3) is 0 Å². The van der Waals surface area contributed by atoms with Crippen LogP contribution >= 0.6 is 28.3 Å². The molecule has 0 atom stereocenters. The molecule has 0 radical (unpaired) electrons. The molecule has 0 unspecified atom stereocenters. The molecule has 1 amide bonds. The SMILES string of the molecule is Cl.Cn1cc(Br)cc1C(=O)N1CCC(N)CC1. The van der Waals surface area contributed by atoms with E-state index >= 15 is 0 Å². The highest BCUT2D eigenvalue weighted by Crippen LogP contribution is 2.17. The van der Waals surface area contributed by atoms with Gasteiger partial charge < -0.3 is 15.2 Å². The van der Waals surface area contributed by atoms with E-state index in [-0.39, 0.29) is 24.4 Å². The first-order valence-corrected chi connectivity index (χ1v) is 6.24. The number of aryl methyl sites for hydroxylation is 1. The average Bonchev–Trinajstić information content (AvgIpc) is 2.58. The Morgan fingerprint density at radius 1 is 1.47 bits per heavy atom. The highest BCUT2D eigenvalue weighted by atomic mass is 79.9. The molecule has 6 heteroatoms. The number of rotatable bonds is 1. The van der Waals surface area contributed by atoms with Crippen LogP contribution < -0.4 is 5.73 Å². The third-order valence-corrected chi connectivity index (χ3v) is 3.45. The lowest BCUT2D eigenvalue weighted by molar-refractivity contribution is 0.0705. The van der Waals surface area contributed by atoms with Crippen molar-refractivity contribution < 1.29 is 4.79 Å². The third-order valence-electron chi connectivity index (χ3n) is 3.02. The number of nitrogens with zero attached hydrogens (tertiary/aromatic N) is 2. The molecule has 1 aliphatic heterocycles. The van der Waals surface area contributed by atoms with Crippen LogP contribution in [0.15, 0.2) is 16.7 Å². The Labute approximate surface area is 116 Å². The number of amides is 1. The maximum absolute atomic E-state index is 12.2. The van der Waals surface area contributed by atoms with E-state index in [1.165, 1.54) is 0 Å². The summed E-state index contributed by atoms with van der Waals surface area (Å²) >= 11 is 3.37. The number of hydrogen-bond donors (Lipinski definition) is 1. The van der Waals surface area contributed by atoms with Gasteiger partial charge in [-0.05, 0) is 34.8 Å². The molecule has 96 valence electrons.